The van der Waals surface area contributed by atoms with Crippen molar-refractivity contribution in [2.24, 2.45) is 0 Å². The Morgan fingerprint density at radius 3 is 2.65 bits per heavy atom. The van der Waals surface area contributed by atoms with Crippen LogP contribution in [-0.2, 0) is 14.6 Å². The average Bonchev–Trinajstić information content (AvgIpc) is 2.96. The average molecular weight is 376 g/mol. The van der Waals surface area contributed by atoms with E-state index in [1.54, 1.807) is 24.3 Å². The highest BCUT2D eigenvalue weighted by atomic mass is 32.2. The molecule has 7 heteroatoms. The van der Waals surface area contributed by atoms with Crippen molar-refractivity contribution < 1.29 is 17.9 Å². The maximum atomic E-state index is 12.2. The van der Waals surface area contributed by atoms with Crippen LogP contribution in [0.4, 0.5) is 0 Å². The van der Waals surface area contributed by atoms with Gasteiger partial charge in [-0.1, -0.05) is 31.9 Å². The van der Waals surface area contributed by atoms with Crippen molar-refractivity contribution in [3.63, 3.8) is 0 Å². The van der Waals surface area contributed by atoms with Crippen molar-refractivity contribution in [1.29, 1.82) is 5.26 Å². The number of ether oxygens (including phenoxy) is 1. The summed E-state index contributed by atoms with van der Waals surface area (Å²) in [6, 6.07) is 8.60. The molecule has 1 aromatic carbocycles. The molecule has 0 radical (unpaired) electrons. The van der Waals surface area contributed by atoms with Gasteiger partial charge in [0.05, 0.1) is 18.1 Å². The van der Waals surface area contributed by atoms with Gasteiger partial charge in [0.15, 0.2) is 9.84 Å². The Morgan fingerprint density at radius 1 is 1.35 bits per heavy atom. The third kappa shape index (κ3) is 6.19. The first-order valence-electron chi connectivity index (χ1n) is 8.79. The summed E-state index contributed by atoms with van der Waals surface area (Å²) < 4.78 is 28.5. The SMILES string of the molecule is CCCCCOc1ccc(/C=C(\C#N)C(=O)N[C@H]2CCS(=O)(=O)C2)cc1. The lowest BCUT2D eigenvalue weighted by atomic mass is 10.1. The number of carbonyl (C=O) groups is 1. The fourth-order valence-corrected chi connectivity index (χ4v) is 4.36. The second-order valence-electron chi connectivity index (χ2n) is 6.37. The van der Waals surface area contributed by atoms with E-state index in [9.17, 15) is 18.5 Å². The Kier molecular flexibility index (Phi) is 7.22. The van der Waals surface area contributed by atoms with E-state index < -0.39 is 21.8 Å². The van der Waals surface area contributed by atoms with Gasteiger partial charge in [0.25, 0.3) is 5.91 Å². The van der Waals surface area contributed by atoms with Crippen molar-refractivity contribution in [3.8, 4) is 11.8 Å². The molecule has 1 amide bonds. The molecule has 140 valence electrons. The minimum absolute atomic E-state index is 0.0501. The first-order chi connectivity index (χ1) is 12.4. The first kappa shape index (κ1) is 20.0. The summed E-state index contributed by atoms with van der Waals surface area (Å²) in [6.07, 6.45) is 5.15. The van der Waals surface area contributed by atoms with E-state index in [0.29, 0.717) is 18.6 Å². The molecular formula is C19H24N2O4S. The number of nitrogens with one attached hydrogen (secondary N) is 1. The van der Waals surface area contributed by atoms with Crippen LogP contribution in [0.1, 0.15) is 38.2 Å². The largest absolute Gasteiger partial charge is 0.494 e. The molecule has 1 fully saturated rings. The van der Waals surface area contributed by atoms with Crippen LogP contribution in [0.3, 0.4) is 0 Å². The topological polar surface area (TPSA) is 96.3 Å². The number of amides is 1. The van der Waals surface area contributed by atoms with Crippen LogP contribution >= 0.6 is 0 Å². The quantitative estimate of drug-likeness (QED) is 0.427. The molecule has 26 heavy (non-hydrogen) atoms. The summed E-state index contributed by atoms with van der Waals surface area (Å²) in [5.41, 5.74) is 0.655. The first-order valence-corrected chi connectivity index (χ1v) is 10.6. The molecule has 0 saturated carbocycles. The Labute approximate surface area is 154 Å². The van der Waals surface area contributed by atoms with Crippen LogP contribution in [0, 0.1) is 11.3 Å². The highest BCUT2D eigenvalue weighted by molar-refractivity contribution is 7.91. The fourth-order valence-electron chi connectivity index (χ4n) is 2.69. The Hall–Kier alpha value is -2.33. The molecule has 1 aromatic rings. The lowest BCUT2D eigenvalue weighted by Crippen LogP contribution is -2.36. The molecule has 1 aliphatic rings. The number of nitriles is 1. The maximum absolute atomic E-state index is 12.2. The second-order valence-corrected chi connectivity index (χ2v) is 8.60. The van der Waals surface area contributed by atoms with Gasteiger partial charge in [-0.05, 0) is 36.6 Å². The highest BCUT2D eigenvalue weighted by Crippen LogP contribution is 2.16. The van der Waals surface area contributed by atoms with Gasteiger partial charge >= 0.3 is 0 Å². The monoisotopic (exact) mass is 376 g/mol. The number of benzene rings is 1. The minimum Gasteiger partial charge on any atom is -0.494 e. The number of nitrogens with zero attached hydrogens (tertiary/aromatic N) is 1. The molecule has 2 rings (SSSR count). The number of unbranched alkanes of at least 4 members (excludes halogenated alkanes) is 2. The maximum Gasteiger partial charge on any atom is 0.262 e. The van der Waals surface area contributed by atoms with Crippen LogP contribution in [0.15, 0.2) is 29.8 Å². The van der Waals surface area contributed by atoms with Crippen LogP contribution in [0.25, 0.3) is 6.08 Å². The number of sulfone groups is 1. The van der Waals surface area contributed by atoms with Gasteiger partial charge in [0.2, 0.25) is 0 Å². The van der Waals surface area contributed by atoms with Crippen molar-refractivity contribution >= 4 is 21.8 Å². The van der Waals surface area contributed by atoms with Gasteiger partial charge in [0, 0.05) is 6.04 Å². The molecule has 1 saturated heterocycles. The van der Waals surface area contributed by atoms with E-state index in [4.69, 9.17) is 4.74 Å². The summed E-state index contributed by atoms with van der Waals surface area (Å²) in [5, 5.41) is 11.9. The lowest BCUT2D eigenvalue weighted by Gasteiger charge is -2.10. The van der Waals surface area contributed by atoms with Crippen LogP contribution in [0.2, 0.25) is 0 Å². The normalized spacial score (nSPS) is 18.9. The molecule has 0 spiro atoms. The molecule has 1 heterocycles. The van der Waals surface area contributed by atoms with Gasteiger partial charge in [-0.15, -0.1) is 0 Å². The van der Waals surface area contributed by atoms with Crippen molar-refractivity contribution in [2.75, 3.05) is 18.1 Å². The van der Waals surface area contributed by atoms with Crippen LogP contribution < -0.4 is 10.1 Å². The van der Waals surface area contributed by atoms with Crippen LogP contribution in [-0.4, -0.2) is 38.5 Å². The van der Waals surface area contributed by atoms with Gasteiger partial charge in [-0.3, -0.25) is 4.79 Å². The van der Waals surface area contributed by atoms with Gasteiger partial charge in [-0.25, -0.2) is 8.42 Å². The summed E-state index contributed by atoms with van der Waals surface area (Å²) in [6.45, 7) is 2.80. The third-order valence-corrected chi connectivity index (χ3v) is 5.91. The highest BCUT2D eigenvalue weighted by Gasteiger charge is 2.29. The standard InChI is InChI=1S/C19H24N2O4S/c1-2-3-4-10-25-18-7-5-15(6-8-18)12-16(13-20)19(22)21-17-9-11-26(23,24)14-17/h5-8,12,17H,2-4,9-11,14H2,1H3,(H,21,22)/b16-12+/t17-/m0/s1. The Bertz CT molecular complexity index is 792. The molecule has 1 aliphatic heterocycles. The number of rotatable bonds is 8. The molecule has 1 atom stereocenters. The fraction of sp³-hybridized carbons (Fsp3) is 0.474. The molecular weight excluding hydrogens is 352 g/mol. The minimum atomic E-state index is -3.08. The Morgan fingerprint density at radius 2 is 2.08 bits per heavy atom. The summed E-state index contributed by atoms with van der Waals surface area (Å²) in [7, 11) is -3.08. The molecule has 6 nitrogen and oxygen atoms in total. The third-order valence-electron chi connectivity index (χ3n) is 4.14. The zero-order valence-corrected chi connectivity index (χ0v) is 15.7. The van der Waals surface area contributed by atoms with E-state index in [2.05, 4.69) is 12.2 Å². The van der Waals surface area contributed by atoms with Crippen molar-refractivity contribution in [3.05, 3.63) is 35.4 Å². The molecule has 0 bridgehead atoms. The zero-order chi connectivity index (χ0) is 19.0. The Balaban J connectivity index is 1.95. The van der Waals surface area contributed by atoms with Gasteiger partial charge in [-0.2, -0.15) is 5.26 Å². The van der Waals surface area contributed by atoms with Crippen molar-refractivity contribution in [1.82, 2.24) is 5.32 Å². The van der Waals surface area contributed by atoms with E-state index in [0.717, 1.165) is 25.0 Å². The zero-order valence-electron chi connectivity index (χ0n) is 14.9. The summed E-state index contributed by atoms with van der Waals surface area (Å²) >= 11 is 0. The number of carbonyl (C=O) groups excluding carboxylic acids is 1. The van der Waals surface area contributed by atoms with Crippen LogP contribution in [0.5, 0.6) is 5.75 Å². The second kappa shape index (κ2) is 9.39. The molecule has 0 unspecified atom stereocenters. The number of hydrogen-bond acceptors (Lipinski definition) is 5. The van der Waals surface area contributed by atoms with E-state index in [1.165, 1.54) is 6.08 Å². The van der Waals surface area contributed by atoms with E-state index in [1.807, 2.05) is 6.07 Å². The smallest absolute Gasteiger partial charge is 0.262 e. The number of hydrogen-bond donors (Lipinski definition) is 1. The van der Waals surface area contributed by atoms with E-state index >= 15 is 0 Å². The molecule has 0 aliphatic carbocycles. The van der Waals surface area contributed by atoms with Gasteiger partial charge in [0.1, 0.15) is 17.4 Å². The molecule has 1 N–H and O–H groups in total. The summed E-state index contributed by atoms with van der Waals surface area (Å²) in [5.74, 6) is 0.206. The van der Waals surface area contributed by atoms with E-state index in [-0.39, 0.29) is 17.1 Å². The predicted octanol–water partition coefficient (Wildman–Crippen LogP) is 2.47. The predicted molar refractivity (Wildman–Crippen MR) is 100 cm³/mol. The molecule has 0 aromatic heterocycles. The lowest BCUT2D eigenvalue weighted by molar-refractivity contribution is -0.117. The van der Waals surface area contributed by atoms with Crippen molar-refractivity contribution in [2.45, 2.75) is 38.6 Å². The summed E-state index contributed by atoms with van der Waals surface area (Å²) in [4.78, 5) is 12.2. The van der Waals surface area contributed by atoms with Gasteiger partial charge < -0.3 is 10.1 Å².